The van der Waals surface area contributed by atoms with Gasteiger partial charge in [0.05, 0.1) is 5.35 Å². The number of aromatic nitrogens is 1. The fraction of sp³-hybridized carbons (Fsp3) is 0.143. The molecule has 1 atom stereocenters. The summed E-state index contributed by atoms with van der Waals surface area (Å²) in [5.41, 5.74) is 1.19. The predicted molar refractivity (Wildman–Crippen MR) is 63.4 cm³/mol. The Labute approximate surface area is 88.1 Å². The number of aromatic amines is 1. The Bertz CT molecular complexity index is 692. The average Bonchev–Trinajstić information content (AvgIpc) is 2.47. The summed E-state index contributed by atoms with van der Waals surface area (Å²) in [5.74, 6) is 6.56. The highest BCUT2D eigenvalue weighted by Gasteiger charge is 2.01. The Balaban J connectivity index is 2.54. The lowest BCUT2D eigenvalue weighted by molar-refractivity contribution is 1.04. The highest BCUT2D eigenvalue weighted by molar-refractivity contribution is 5.82. The number of rotatable bonds is 0. The van der Waals surface area contributed by atoms with Crippen molar-refractivity contribution < 1.29 is 0 Å². The molecule has 15 heavy (non-hydrogen) atoms. The fourth-order valence-corrected chi connectivity index (χ4v) is 2.01. The van der Waals surface area contributed by atoms with Crippen molar-refractivity contribution in [3.63, 3.8) is 0 Å². The van der Waals surface area contributed by atoms with E-state index in [2.05, 4.69) is 48.0 Å². The minimum Gasteiger partial charge on any atom is -0.354 e. The Kier molecular flexibility index (Phi) is 1.69. The minimum atomic E-state index is 0.321. The molecule has 1 N–H and O–H groups in total. The number of fused-ring (bicyclic) bond motifs is 3. The molecular formula is C14H11N. The number of H-pyrrole nitrogens is 1. The highest BCUT2D eigenvalue weighted by atomic mass is 14.7. The van der Waals surface area contributed by atoms with Crippen molar-refractivity contribution in [3.8, 4) is 11.8 Å². The van der Waals surface area contributed by atoms with Crippen LogP contribution in [0, 0.1) is 17.8 Å². The summed E-state index contributed by atoms with van der Waals surface area (Å²) in [6.45, 7) is 2.12. The van der Waals surface area contributed by atoms with Crippen molar-refractivity contribution in [1.82, 2.24) is 4.98 Å². The van der Waals surface area contributed by atoms with Gasteiger partial charge in [0, 0.05) is 28.1 Å². The van der Waals surface area contributed by atoms with Gasteiger partial charge >= 0.3 is 0 Å². The van der Waals surface area contributed by atoms with Gasteiger partial charge in [-0.05, 0) is 13.0 Å². The van der Waals surface area contributed by atoms with E-state index in [9.17, 15) is 0 Å². The molecule has 1 aliphatic rings. The maximum absolute atomic E-state index is 3.39. The summed E-state index contributed by atoms with van der Waals surface area (Å²) in [6.07, 6.45) is 4.19. The molecule has 1 nitrogen and oxygen atoms in total. The summed E-state index contributed by atoms with van der Waals surface area (Å²) in [5, 5.41) is 3.68. The SMILES string of the molecule is C[C@@H]1C#CC=c2[nH]c3ccccc3c2=C1. The molecule has 0 unspecified atom stereocenters. The molecule has 1 aliphatic carbocycles. The van der Waals surface area contributed by atoms with Gasteiger partial charge in [-0.1, -0.05) is 36.1 Å². The minimum absolute atomic E-state index is 0.321. The molecule has 1 aromatic heterocycles. The summed E-state index contributed by atoms with van der Waals surface area (Å²) in [6, 6.07) is 8.37. The second-order valence-electron chi connectivity index (χ2n) is 3.89. The largest absolute Gasteiger partial charge is 0.354 e. The van der Waals surface area contributed by atoms with Crippen LogP contribution in [0.1, 0.15) is 6.92 Å². The summed E-state index contributed by atoms with van der Waals surface area (Å²) < 4.78 is 0. The van der Waals surface area contributed by atoms with E-state index in [4.69, 9.17) is 0 Å². The Hall–Kier alpha value is -1.94. The third kappa shape index (κ3) is 1.27. The van der Waals surface area contributed by atoms with Crippen LogP contribution in [0.2, 0.25) is 0 Å². The van der Waals surface area contributed by atoms with Crippen molar-refractivity contribution >= 4 is 23.1 Å². The van der Waals surface area contributed by atoms with Crippen LogP contribution in [0.4, 0.5) is 0 Å². The van der Waals surface area contributed by atoms with E-state index in [1.165, 1.54) is 16.1 Å². The molecule has 1 aromatic carbocycles. The molecule has 1 heterocycles. The van der Waals surface area contributed by atoms with Gasteiger partial charge in [0.25, 0.3) is 0 Å². The number of para-hydroxylation sites is 1. The van der Waals surface area contributed by atoms with E-state index < -0.39 is 0 Å². The third-order valence-corrected chi connectivity index (χ3v) is 2.72. The number of hydrogen-bond donors (Lipinski definition) is 1. The first-order chi connectivity index (χ1) is 7.34. The topological polar surface area (TPSA) is 15.8 Å². The van der Waals surface area contributed by atoms with E-state index in [1.54, 1.807) is 0 Å². The Morgan fingerprint density at radius 3 is 3.07 bits per heavy atom. The van der Waals surface area contributed by atoms with E-state index >= 15 is 0 Å². The molecule has 72 valence electrons. The first-order valence-electron chi connectivity index (χ1n) is 5.14. The maximum atomic E-state index is 3.39. The molecule has 0 saturated carbocycles. The maximum Gasteiger partial charge on any atom is 0.0546 e. The first-order valence-corrected chi connectivity index (χ1v) is 5.14. The second kappa shape index (κ2) is 3.03. The summed E-state index contributed by atoms with van der Waals surface area (Å²) >= 11 is 0. The van der Waals surface area contributed by atoms with E-state index in [1.807, 2.05) is 12.1 Å². The molecule has 0 aliphatic heterocycles. The summed E-state index contributed by atoms with van der Waals surface area (Å²) in [7, 11) is 0. The van der Waals surface area contributed by atoms with Gasteiger partial charge in [0.2, 0.25) is 0 Å². The lowest BCUT2D eigenvalue weighted by Crippen LogP contribution is -2.22. The number of benzene rings is 1. The van der Waals surface area contributed by atoms with Crippen LogP contribution in [0.3, 0.4) is 0 Å². The van der Waals surface area contributed by atoms with Gasteiger partial charge in [-0.15, -0.1) is 0 Å². The van der Waals surface area contributed by atoms with Crippen LogP contribution >= 0.6 is 0 Å². The number of hydrogen-bond acceptors (Lipinski definition) is 0. The second-order valence-corrected chi connectivity index (χ2v) is 3.89. The molecule has 0 saturated heterocycles. The van der Waals surface area contributed by atoms with Gasteiger partial charge in [0.15, 0.2) is 0 Å². The predicted octanol–water partition coefficient (Wildman–Crippen LogP) is 1.38. The monoisotopic (exact) mass is 193 g/mol. The Morgan fingerprint density at radius 1 is 1.27 bits per heavy atom. The lowest BCUT2D eigenvalue weighted by atomic mass is 10.1. The van der Waals surface area contributed by atoms with Gasteiger partial charge in [-0.25, -0.2) is 0 Å². The molecule has 0 spiro atoms. The standard InChI is InChI=1S/C14H11N/c1-10-5-4-8-14-12(9-10)11-6-2-3-7-13(11)15-14/h2-3,6-10,15H,1H3/t10-/m1/s1. The van der Waals surface area contributed by atoms with E-state index in [0.717, 1.165) is 5.35 Å². The fourth-order valence-electron chi connectivity index (χ4n) is 2.01. The van der Waals surface area contributed by atoms with E-state index in [-0.39, 0.29) is 0 Å². The van der Waals surface area contributed by atoms with Crippen LogP contribution < -0.4 is 10.6 Å². The Morgan fingerprint density at radius 2 is 2.13 bits per heavy atom. The third-order valence-electron chi connectivity index (χ3n) is 2.72. The molecule has 0 fully saturated rings. The molecular weight excluding hydrogens is 182 g/mol. The van der Waals surface area contributed by atoms with Crippen molar-refractivity contribution in [2.45, 2.75) is 6.92 Å². The van der Waals surface area contributed by atoms with Crippen molar-refractivity contribution in [2.75, 3.05) is 0 Å². The van der Waals surface area contributed by atoms with Gasteiger partial charge in [-0.2, -0.15) is 0 Å². The first kappa shape index (κ1) is 8.38. The van der Waals surface area contributed by atoms with Crippen LogP contribution in [0.15, 0.2) is 24.3 Å². The van der Waals surface area contributed by atoms with Crippen LogP contribution in [-0.4, -0.2) is 4.98 Å². The zero-order valence-electron chi connectivity index (χ0n) is 8.54. The van der Waals surface area contributed by atoms with Gasteiger partial charge in [0.1, 0.15) is 0 Å². The number of nitrogens with one attached hydrogen (secondary N) is 1. The molecule has 0 radical (unpaired) electrons. The molecule has 2 aromatic rings. The summed E-state index contributed by atoms with van der Waals surface area (Å²) in [4.78, 5) is 3.39. The van der Waals surface area contributed by atoms with Crippen molar-refractivity contribution in [3.05, 3.63) is 34.8 Å². The molecule has 1 heteroatoms. The molecule has 0 bridgehead atoms. The van der Waals surface area contributed by atoms with Gasteiger partial charge in [-0.3, -0.25) is 0 Å². The quantitative estimate of drug-likeness (QED) is 0.608. The van der Waals surface area contributed by atoms with Crippen LogP contribution in [0.25, 0.3) is 23.1 Å². The molecule has 0 amide bonds. The smallest absolute Gasteiger partial charge is 0.0546 e. The van der Waals surface area contributed by atoms with Crippen LogP contribution in [0.5, 0.6) is 0 Å². The van der Waals surface area contributed by atoms with Gasteiger partial charge < -0.3 is 4.98 Å². The van der Waals surface area contributed by atoms with E-state index in [0.29, 0.717) is 5.92 Å². The zero-order valence-corrected chi connectivity index (χ0v) is 8.54. The lowest BCUT2D eigenvalue weighted by Gasteiger charge is -1.91. The van der Waals surface area contributed by atoms with Crippen LogP contribution in [-0.2, 0) is 0 Å². The van der Waals surface area contributed by atoms with Crippen molar-refractivity contribution in [2.24, 2.45) is 5.92 Å². The average molecular weight is 193 g/mol. The van der Waals surface area contributed by atoms with Crippen molar-refractivity contribution in [1.29, 1.82) is 0 Å². The zero-order chi connectivity index (χ0) is 10.3. The highest BCUT2D eigenvalue weighted by Crippen LogP contribution is 2.05. The normalized spacial score (nSPS) is 18.1. The molecule has 3 rings (SSSR count).